The number of aliphatic carboxylic acids is 1. The zero-order valence-electron chi connectivity index (χ0n) is 21.0. The van der Waals surface area contributed by atoms with Gasteiger partial charge in [0.05, 0.1) is 19.4 Å². The van der Waals surface area contributed by atoms with E-state index in [1.54, 1.807) is 6.92 Å². The highest BCUT2D eigenvalue weighted by Crippen LogP contribution is 2.60. The molecule has 41 heavy (non-hydrogen) atoms. The average molecular weight is 636 g/mol. The predicted molar refractivity (Wildman–Crippen MR) is 108 cm³/mol. The molecule has 0 radical (unpaired) electrons. The minimum atomic E-state index is -7.99. The lowest BCUT2D eigenvalue weighted by Crippen LogP contribution is -2.70. The predicted octanol–water partition coefficient (Wildman–Crippen LogP) is 6.03. The van der Waals surface area contributed by atoms with Crippen molar-refractivity contribution in [3.8, 4) is 0 Å². The molecule has 0 aliphatic rings. The minimum Gasteiger partial charge on any atom is -0.481 e. The Morgan fingerprint density at radius 1 is 0.683 bits per heavy atom. The zero-order valence-corrected chi connectivity index (χ0v) is 21.0. The number of carboxylic acid groups (broad SMARTS) is 1. The van der Waals surface area contributed by atoms with Crippen molar-refractivity contribution in [1.82, 2.24) is 0 Å². The quantitative estimate of drug-likeness (QED) is 0.105. The molecule has 1 atom stereocenters. The van der Waals surface area contributed by atoms with Gasteiger partial charge in [0, 0.05) is 19.4 Å². The van der Waals surface area contributed by atoms with Crippen LogP contribution in [0.15, 0.2) is 0 Å². The molecule has 0 bridgehead atoms. The van der Waals surface area contributed by atoms with Gasteiger partial charge in [-0.1, -0.05) is 13.3 Å². The highest BCUT2D eigenvalue weighted by molar-refractivity contribution is 5.76. The lowest BCUT2D eigenvalue weighted by molar-refractivity contribution is -0.440. The van der Waals surface area contributed by atoms with E-state index in [1.807, 2.05) is 0 Å². The van der Waals surface area contributed by atoms with Gasteiger partial charge in [0.1, 0.15) is 6.61 Å². The van der Waals surface area contributed by atoms with Crippen LogP contribution < -0.4 is 0 Å². The van der Waals surface area contributed by atoms with E-state index in [9.17, 15) is 71.5 Å². The van der Waals surface area contributed by atoms with Crippen molar-refractivity contribution in [2.24, 2.45) is 0 Å². The Hall–Kier alpha value is -2.54. The average Bonchev–Trinajstić information content (AvgIpc) is 2.82. The van der Waals surface area contributed by atoms with Crippen molar-refractivity contribution in [2.45, 2.75) is 93.8 Å². The van der Waals surface area contributed by atoms with Crippen molar-refractivity contribution < 1.29 is 90.8 Å². The molecular weight excluding hydrogens is 611 g/mol. The third kappa shape index (κ3) is 9.76. The lowest BCUT2D eigenvalue weighted by Gasteiger charge is -2.39. The maximum Gasteiger partial charge on any atom is 0.460 e. The van der Waals surface area contributed by atoms with Crippen LogP contribution in [0.25, 0.3) is 0 Å². The van der Waals surface area contributed by atoms with Gasteiger partial charge < -0.3 is 19.3 Å². The summed E-state index contributed by atoms with van der Waals surface area (Å²) in [7, 11) is 0. The summed E-state index contributed by atoms with van der Waals surface area (Å²) in [6, 6.07) is 0. The van der Waals surface area contributed by atoms with E-state index < -0.39 is 105 Å². The topological polar surface area (TPSA) is 99.1 Å². The first kappa shape index (κ1) is 38.5. The van der Waals surface area contributed by atoms with Gasteiger partial charge in [0.15, 0.2) is 6.10 Å². The fourth-order valence-electron chi connectivity index (χ4n) is 2.72. The second-order valence-corrected chi connectivity index (χ2v) is 8.47. The summed E-state index contributed by atoms with van der Waals surface area (Å²) in [5.41, 5.74) is 0. The molecule has 0 saturated heterocycles. The number of ether oxygens (including phenoxy) is 3. The number of rotatable bonds is 19. The second kappa shape index (κ2) is 14.6. The van der Waals surface area contributed by atoms with Gasteiger partial charge in [-0.25, -0.2) is 0 Å². The van der Waals surface area contributed by atoms with Gasteiger partial charge in [0.2, 0.25) is 0 Å². The number of carbonyl (C=O) groups excluding carboxylic acids is 2. The summed E-state index contributed by atoms with van der Waals surface area (Å²) in [6.45, 7) is -0.921. The fourth-order valence-corrected chi connectivity index (χ4v) is 2.72. The van der Waals surface area contributed by atoms with E-state index in [4.69, 9.17) is 19.3 Å². The second-order valence-electron chi connectivity index (χ2n) is 8.47. The summed E-state index contributed by atoms with van der Waals surface area (Å²) in [5.74, 6) is -40.7. The SMILES string of the molecule is CCCCC(=O)OCC(COCCCC(F)(F)C(F)(F)C(F)(F)C(F)(F)C(F)(F)C(F)(F)F)OC(=O)CCC(=O)O. The smallest absolute Gasteiger partial charge is 0.460 e. The van der Waals surface area contributed by atoms with E-state index in [1.165, 1.54) is 0 Å². The van der Waals surface area contributed by atoms with Crippen LogP contribution in [0, 0.1) is 0 Å². The third-order valence-electron chi connectivity index (χ3n) is 5.09. The maximum atomic E-state index is 13.8. The van der Waals surface area contributed by atoms with Crippen LogP contribution in [0.5, 0.6) is 0 Å². The van der Waals surface area contributed by atoms with Gasteiger partial charge in [-0.2, -0.15) is 57.1 Å². The molecule has 0 rings (SSSR count). The van der Waals surface area contributed by atoms with E-state index in [-0.39, 0.29) is 6.42 Å². The Morgan fingerprint density at radius 3 is 1.71 bits per heavy atom. The lowest BCUT2D eigenvalue weighted by atomic mass is 9.92. The number of alkyl halides is 13. The molecule has 20 heteroatoms. The molecule has 1 unspecified atom stereocenters. The van der Waals surface area contributed by atoms with Crippen molar-refractivity contribution in [2.75, 3.05) is 19.8 Å². The highest BCUT2D eigenvalue weighted by atomic mass is 19.4. The Kier molecular flexibility index (Phi) is 13.7. The maximum absolute atomic E-state index is 13.8. The molecule has 242 valence electrons. The largest absolute Gasteiger partial charge is 0.481 e. The van der Waals surface area contributed by atoms with E-state index in [0.717, 1.165) is 0 Å². The summed E-state index contributed by atoms with van der Waals surface area (Å²) >= 11 is 0. The number of hydrogen-bond acceptors (Lipinski definition) is 6. The molecule has 0 fully saturated rings. The first-order valence-corrected chi connectivity index (χ1v) is 11.5. The van der Waals surface area contributed by atoms with Crippen LogP contribution in [0.4, 0.5) is 57.1 Å². The summed E-state index contributed by atoms with van der Waals surface area (Å²) in [5, 5.41) is 8.56. The van der Waals surface area contributed by atoms with Crippen LogP contribution in [-0.2, 0) is 28.6 Å². The Bertz CT molecular complexity index is 876. The number of hydrogen-bond donors (Lipinski definition) is 1. The number of unbranched alkanes of at least 4 members (excludes halogenated alkanes) is 1. The molecule has 0 saturated carbocycles. The van der Waals surface area contributed by atoms with Crippen molar-refractivity contribution in [3.63, 3.8) is 0 Å². The van der Waals surface area contributed by atoms with Crippen LogP contribution in [-0.4, -0.2) is 84.7 Å². The molecule has 0 aromatic carbocycles. The van der Waals surface area contributed by atoms with Crippen LogP contribution >= 0.6 is 0 Å². The number of halogens is 13. The molecular formula is C21H25F13O7. The first-order chi connectivity index (χ1) is 18.4. The van der Waals surface area contributed by atoms with Gasteiger partial charge in [0.25, 0.3) is 0 Å². The molecule has 7 nitrogen and oxygen atoms in total. The number of esters is 2. The third-order valence-corrected chi connectivity index (χ3v) is 5.09. The molecule has 1 N–H and O–H groups in total. The monoisotopic (exact) mass is 636 g/mol. The standard InChI is InChI=1S/C21H25F13O7/c1-2-3-5-14(37)40-11-12(41-15(38)7-6-13(35)36)10-39-9-4-8-16(22,23)17(24,25)18(26,27)19(28,29)20(30,31)21(32,33)34/h12H,2-11H2,1H3,(H,35,36). The number of carbonyl (C=O) groups is 3. The first-order valence-electron chi connectivity index (χ1n) is 11.5. The van der Waals surface area contributed by atoms with Gasteiger partial charge in [-0.3, -0.25) is 14.4 Å². The summed E-state index contributed by atoms with van der Waals surface area (Å²) in [6.07, 6.45) is -13.3. The molecule has 0 aromatic heterocycles. The minimum absolute atomic E-state index is 0.0705. The van der Waals surface area contributed by atoms with E-state index in [2.05, 4.69) is 0 Å². The van der Waals surface area contributed by atoms with Gasteiger partial charge >= 0.3 is 53.7 Å². The summed E-state index contributed by atoms with van der Waals surface area (Å²) < 4.78 is 185. The van der Waals surface area contributed by atoms with Crippen LogP contribution in [0.3, 0.4) is 0 Å². The molecule has 0 heterocycles. The molecule has 0 amide bonds. The molecule has 0 spiro atoms. The van der Waals surface area contributed by atoms with Crippen LogP contribution in [0.2, 0.25) is 0 Å². The van der Waals surface area contributed by atoms with E-state index >= 15 is 0 Å². The fraction of sp³-hybridized carbons (Fsp3) is 0.857. The van der Waals surface area contributed by atoms with Crippen molar-refractivity contribution in [1.29, 1.82) is 0 Å². The van der Waals surface area contributed by atoms with Gasteiger partial charge in [-0.05, 0) is 12.8 Å². The summed E-state index contributed by atoms with van der Waals surface area (Å²) in [4.78, 5) is 33.8. The molecule has 0 aliphatic heterocycles. The molecule has 0 aromatic rings. The van der Waals surface area contributed by atoms with E-state index in [0.29, 0.717) is 12.8 Å². The number of carboxylic acids is 1. The Labute approximate surface area is 223 Å². The van der Waals surface area contributed by atoms with Crippen LogP contribution in [0.1, 0.15) is 51.9 Å². The highest BCUT2D eigenvalue weighted by Gasteiger charge is 2.90. The van der Waals surface area contributed by atoms with Gasteiger partial charge in [-0.15, -0.1) is 0 Å². The Morgan fingerprint density at radius 2 is 1.22 bits per heavy atom. The Balaban J connectivity index is 5.32. The zero-order chi connectivity index (χ0) is 32.5. The van der Waals surface area contributed by atoms with Crippen molar-refractivity contribution in [3.05, 3.63) is 0 Å². The molecule has 0 aliphatic carbocycles. The normalized spacial score (nSPS) is 14.5. The van der Waals surface area contributed by atoms with Crippen molar-refractivity contribution >= 4 is 17.9 Å².